The lowest BCUT2D eigenvalue weighted by atomic mass is 9.77. The Kier molecular flexibility index (Phi) is 6.50. The van der Waals surface area contributed by atoms with Crippen LogP contribution in [0.5, 0.6) is 0 Å². The second-order valence-electron chi connectivity index (χ2n) is 8.77. The number of nitrogens with one attached hydrogen (secondary N) is 1. The van der Waals surface area contributed by atoms with Crippen molar-refractivity contribution in [1.82, 2.24) is 19.7 Å². The van der Waals surface area contributed by atoms with Crippen LogP contribution in [0.2, 0.25) is 0 Å². The van der Waals surface area contributed by atoms with Crippen molar-refractivity contribution in [2.24, 2.45) is 5.92 Å². The van der Waals surface area contributed by atoms with E-state index in [4.69, 9.17) is 14.8 Å². The second kappa shape index (κ2) is 9.30. The third-order valence-corrected chi connectivity index (χ3v) is 6.11. The van der Waals surface area contributed by atoms with Gasteiger partial charge in [-0.2, -0.15) is 10.1 Å². The van der Waals surface area contributed by atoms with Gasteiger partial charge in [0.2, 0.25) is 5.95 Å². The fourth-order valence-corrected chi connectivity index (χ4v) is 4.33. The van der Waals surface area contributed by atoms with E-state index in [2.05, 4.69) is 15.4 Å². The molecule has 1 aliphatic rings. The zero-order valence-corrected chi connectivity index (χ0v) is 18.2. The Morgan fingerprint density at radius 1 is 1.19 bits per heavy atom. The number of nitrogens with zero attached hydrogens (tertiary/aromatic N) is 4. The van der Waals surface area contributed by atoms with Crippen LogP contribution in [0.4, 0.5) is 5.95 Å². The molecule has 2 heterocycles. The molecule has 0 atom stereocenters. The summed E-state index contributed by atoms with van der Waals surface area (Å²) in [5.41, 5.74) is 1.35. The van der Waals surface area contributed by atoms with Gasteiger partial charge in [-0.25, -0.2) is 9.67 Å². The van der Waals surface area contributed by atoms with Crippen molar-refractivity contribution in [2.75, 3.05) is 18.5 Å². The van der Waals surface area contributed by atoms with Gasteiger partial charge in [-0.05, 0) is 57.1 Å². The van der Waals surface area contributed by atoms with Crippen molar-refractivity contribution < 1.29 is 14.9 Å². The minimum atomic E-state index is -0.621. The summed E-state index contributed by atoms with van der Waals surface area (Å²) in [4.78, 5) is 9.10. The van der Waals surface area contributed by atoms with Crippen molar-refractivity contribution in [3.05, 3.63) is 42.2 Å². The summed E-state index contributed by atoms with van der Waals surface area (Å²) in [5, 5.41) is 28.2. The number of rotatable bonds is 8. The molecule has 1 aromatic carbocycles. The molecular formula is C23H31N5O3. The van der Waals surface area contributed by atoms with Crippen molar-refractivity contribution >= 4 is 16.9 Å². The number of ether oxygens (including phenoxy) is 1. The molecule has 8 nitrogen and oxygen atoms in total. The summed E-state index contributed by atoms with van der Waals surface area (Å²) in [7, 11) is 0. The molecule has 2 aromatic heterocycles. The lowest BCUT2D eigenvalue weighted by Gasteiger charge is -2.36. The average Bonchev–Trinajstić information content (AvgIpc) is 3.19. The van der Waals surface area contributed by atoms with E-state index in [0.29, 0.717) is 36.9 Å². The largest absolute Gasteiger partial charge is 0.394 e. The van der Waals surface area contributed by atoms with E-state index in [0.717, 1.165) is 42.1 Å². The van der Waals surface area contributed by atoms with Crippen LogP contribution in [0.25, 0.3) is 16.7 Å². The Balaban J connectivity index is 1.49. The number of aliphatic hydroxyl groups is 2. The highest BCUT2D eigenvalue weighted by atomic mass is 16.5. The van der Waals surface area contributed by atoms with E-state index in [1.54, 1.807) is 6.20 Å². The van der Waals surface area contributed by atoms with Crippen molar-refractivity contribution in [3.8, 4) is 5.82 Å². The zero-order valence-electron chi connectivity index (χ0n) is 18.2. The predicted molar refractivity (Wildman–Crippen MR) is 119 cm³/mol. The maximum Gasteiger partial charge on any atom is 0.224 e. The number of anilines is 1. The molecule has 8 heteroatoms. The van der Waals surface area contributed by atoms with E-state index in [-0.39, 0.29) is 6.61 Å². The molecule has 166 valence electrons. The fraction of sp³-hybridized carbons (Fsp3) is 0.522. The molecule has 1 fully saturated rings. The quantitative estimate of drug-likeness (QED) is 0.476. The Labute approximate surface area is 182 Å². The standard InChI is InChI=1S/C23H31N5O3/c1-23(2,30)17-6-8-18(9-7-17)26-22-24-11-10-21(27-22)28-20-5-3-4-16(15-31-13-12-29)19(20)14-25-28/h3-5,10-11,14,17-18,29-30H,6-9,12-13,15H2,1-2H3,(H,24,26,27). The number of fused-ring (bicyclic) bond motifs is 1. The van der Waals surface area contributed by atoms with Gasteiger partial charge in [-0.3, -0.25) is 0 Å². The number of benzene rings is 1. The van der Waals surface area contributed by atoms with Crippen molar-refractivity contribution in [1.29, 1.82) is 0 Å². The molecule has 0 radical (unpaired) electrons. The molecule has 31 heavy (non-hydrogen) atoms. The molecule has 0 aliphatic heterocycles. The summed E-state index contributed by atoms with van der Waals surface area (Å²) in [5.74, 6) is 1.63. The van der Waals surface area contributed by atoms with Gasteiger partial charge in [0.1, 0.15) is 0 Å². The molecular weight excluding hydrogens is 394 g/mol. The van der Waals surface area contributed by atoms with E-state index >= 15 is 0 Å². The first kappa shape index (κ1) is 21.7. The van der Waals surface area contributed by atoms with Crippen LogP contribution in [0.3, 0.4) is 0 Å². The average molecular weight is 426 g/mol. The van der Waals surface area contributed by atoms with Gasteiger partial charge in [0.15, 0.2) is 5.82 Å². The summed E-state index contributed by atoms with van der Waals surface area (Å²) in [6.45, 7) is 4.54. The fourth-order valence-electron chi connectivity index (χ4n) is 4.33. The van der Waals surface area contributed by atoms with Crippen LogP contribution < -0.4 is 5.32 Å². The molecule has 0 unspecified atom stereocenters. The maximum absolute atomic E-state index is 10.3. The molecule has 4 rings (SSSR count). The van der Waals surface area contributed by atoms with Gasteiger partial charge in [-0.1, -0.05) is 12.1 Å². The number of hydrogen-bond donors (Lipinski definition) is 3. The summed E-state index contributed by atoms with van der Waals surface area (Å²) >= 11 is 0. The Morgan fingerprint density at radius 2 is 2.00 bits per heavy atom. The second-order valence-corrected chi connectivity index (χ2v) is 8.77. The molecule has 3 N–H and O–H groups in total. The summed E-state index contributed by atoms with van der Waals surface area (Å²) < 4.78 is 7.29. The topological polar surface area (TPSA) is 105 Å². The minimum Gasteiger partial charge on any atom is -0.394 e. The van der Waals surface area contributed by atoms with Gasteiger partial charge < -0.3 is 20.3 Å². The molecule has 3 aromatic rings. The highest BCUT2D eigenvalue weighted by molar-refractivity contribution is 5.83. The third-order valence-electron chi connectivity index (χ3n) is 6.11. The third kappa shape index (κ3) is 5.03. The summed E-state index contributed by atoms with van der Waals surface area (Å²) in [6, 6.07) is 8.13. The van der Waals surface area contributed by atoms with Crippen LogP contribution in [-0.2, 0) is 11.3 Å². The number of aromatic nitrogens is 4. The molecule has 1 aliphatic carbocycles. The first-order valence-electron chi connectivity index (χ1n) is 10.9. The Hall–Kier alpha value is -2.55. The van der Waals surface area contributed by atoms with Gasteiger partial charge in [0.05, 0.1) is 37.1 Å². The number of hydrogen-bond acceptors (Lipinski definition) is 7. The van der Waals surface area contributed by atoms with Gasteiger partial charge in [0, 0.05) is 23.7 Å². The first-order valence-corrected chi connectivity index (χ1v) is 10.9. The number of aliphatic hydroxyl groups excluding tert-OH is 1. The lowest BCUT2D eigenvalue weighted by molar-refractivity contribution is -0.000414. The molecule has 1 saturated carbocycles. The van der Waals surface area contributed by atoms with Crippen LogP contribution in [0.1, 0.15) is 45.1 Å². The normalized spacial score (nSPS) is 19.6. The van der Waals surface area contributed by atoms with Crippen molar-refractivity contribution in [2.45, 2.75) is 57.8 Å². The van der Waals surface area contributed by atoms with Crippen LogP contribution >= 0.6 is 0 Å². The van der Waals surface area contributed by atoms with Crippen LogP contribution in [-0.4, -0.2) is 54.8 Å². The molecule has 0 amide bonds. The zero-order chi connectivity index (χ0) is 21.8. The molecule has 0 saturated heterocycles. The molecule has 0 spiro atoms. The first-order chi connectivity index (χ1) is 15.0. The monoisotopic (exact) mass is 425 g/mol. The highest BCUT2D eigenvalue weighted by Crippen LogP contribution is 2.33. The SMILES string of the molecule is CC(C)(O)C1CCC(Nc2nccc(-n3ncc4c(COCCO)cccc43)n2)CC1. The highest BCUT2D eigenvalue weighted by Gasteiger charge is 2.31. The van der Waals surface area contributed by atoms with E-state index < -0.39 is 5.60 Å². The van der Waals surface area contributed by atoms with Gasteiger partial charge in [0.25, 0.3) is 0 Å². The smallest absolute Gasteiger partial charge is 0.224 e. The van der Waals surface area contributed by atoms with Gasteiger partial charge >= 0.3 is 0 Å². The minimum absolute atomic E-state index is 0.00532. The van der Waals surface area contributed by atoms with Gasteiger partial charge in [-0.15, -0.1) is 0 Å². The van der Waals surface area contributed by atoms with E-state index in [9.17, 15) is 5.11 Å². The Morgan fingerprint density at radius 3 is 2.74 bits per heavy atom. The lowest BCUT2D eigenvalue weighted by Crippen LogP contribution is -2.37. The predicted octanol–water partition coefficient (Wildman–Crippen LogP) is 3.07. The van der Waals surface area contributed by atoms with E-state index in [1.165, 1.54) is 0 Å². The van der Waals surface area contributed by atoms with Crippen LogP contribution in [0, 0.1) is 5.92 Å². The Bertz CT molecular complexity index is 1010. The maximum atomic E-state index is 10.3. The summed E-state index contributed by atoms with van der Waals surface area (Å²) in [6.07, 6.45) is 7.53. The van der Waals surface area contributed by atoms with Crippen molar-refractivity contribution in [3.63, 3.8) is 0 Å². The van der Waals surface area contributed by atoms with E-state index in [1.807, 2.05) is 49.0 Å². The van der Waals surface area contributed by atoms with Crippen LogP contribution in [0.15, 0.2) is 36.7 Å². The molecule has 0 bridgehead atoms.